The smallest absolute Gasteiger partial charge is 0.319 e. The fraction of sp³-hybridized carbons (Fsp3) is 0.154. The number of nitrogens with zero attached hydrogens (tertiary/aromatic N) is 2. The van der Waals surface area contributed by atoms with Gasteiger partial charge in [-0.25, -0.2) is 4.98 Å². The standard InChI is InChI=1S/C13H12N2O4/c1-18-12-10(6-14-13(15-12)19-2)8-3-4-11(17)9(5-8)7-16/h3-7,17H,1-2H3. The Morgan fingerprint density at radius 2 is 2.05 bits per heavy atom. The van der Waals surface area contributed by atoms with Gasteiger partial charge in [-0.1, -0.05) is 6.07 Å². The monoisotopic (exact) mass is 260 g/mol. The van der Waals surface area contributed by atoms with Crippen LogP contribution >= 0.6 is 0 Å². The number of methoxy groups -OCH3 is 2. The molecule has 0 radical (unpaired) electrons. The molecule has 0 saturated carbocycles. The molecule has 0 amide bonds. The van der Waals surface area contributed by atoms with E-state index < -0.39 is 0 Å². The molecule has 0 atom stereocenters. The summed E-state index contributed by atoms with van der Waals surface area (Å²) < 4.78 is 10.1. The molecule has 1 aromatic carbocycles. The minimum absolute atomic E-state index is 0.0767. The number of phenols is 1. The summed E-state index contributed by atoms with van der Waals surface area (Å²) in [5, 5.41) is 9.48. The molecule has 0 aliphatic heterocycles. The number of carbonyl (C=O) groups excluding carboxylic acids is 1. The van der Waals surface area contributed by atoms with E-state index in [9.17, 15) is 9.90 Å². The molecule has 1 N–H and O–H groups in total. The molecule has 0 bridgehead atoms. The summed E-state index contributed by atoms with van der Waals surface area (Å²) in [5.41, 5.74) is 1.46. The second kappa shape index (κ2) is 5.34. The molecule has 2 rings (SSSR count). The molecule has 19 heavy (non-hydrogen) atoms. The van der Waals surface area contributed by atoms with Crippen LogP contribution in [0.3, 0.4) is 0 Å². The van der Waals surface area contributed by atoms with Crippen molar-refractivity contribution in [3.8, 4) is 28.8 Å². The molecule has 6 heteroatoms. The summed E-state index contributed by atoms with van der Waals surface area (Å²) in [6.07, 6.45) is 2.11. The number of aldehydes is 1. The first kappa shape index (κ1) is 12.8. The summed E-state index contributed by atoms with van der Waals surface area (Å²) in [4.78, 5) is 18.9. The lowest BCUT2D eigenvalue weighted by Crippen LogP contribution is -1.97. The second-order valence-corrected chi connectivity index (χ2v) is 3.67. The molecule has 0 spiro atoms. The van der Waals surface area contributed by atoms with E-state index >= 15 is 0 Å². The van der Waals surface area contributed by atoms with E-state index in [0.29, 0.717) is 23.3 Å². The number of carbonyl (C=O) groups is 1. The van der Waals surface area contributed by atoms with Crippen LogP contribution < -0.4 is 9.47 Å². The SMILES string of the molecule is COc1ncc(-c2ccc(O)c(C=O)c2)c(OC)n1. The third-order valence-corrected chi connectivity index (χ3v) is 2.57. The first-order chi connectivity index (χ1) is 9.19. The van der Waals surface area contributed by atoms with Crippen LogP contribution in [0, 0.1) is 0 Å². The van der Waals surface area contributed by atoms with Crippen LogP contribution in [0.15, 0.2) is 24.4 Å². The van der Waals surface area contributed by atoms with Crippen molar-refractivity contribution < 1.29 is 19.4 Å². The maximum atomic E-state index is 10.8. The van der Waals surface area contributed by atoms with Crippen molar-refractivity contribution in [2.24, 2.45) is 0 Å². The molecule has 6 nitrogen and oxygen atoms in total. The summed E-state index contributed by atoms with van der Waals surface area (Å²) in [6.45, 7) is 0. The predicted octanol–water partition coefficient (Wildman–Crippen LogP) is 1.68. The number of hydrogen-bond acceptors (Lipinski definition) is 6. The Morgan fingerprint density at radius 3 is 2.68 bits per heavy atom. The van der Waals surface area contributed by atoms with Gasteiger partial charge in [-0.15, -0.1) is 0 Å². The van der Waals surface area contributed by atoms with Gasteiger partial charge in [0.2, 0.25) is 5.88 Å². The van der Waals surface area contributed by atoms with Gasteiger partial charge in [-0.3, -0.25) is 4.79 Å². The zero-order chi connectivity index (χ0) is 13.8. The molecule has 0 saturated heterocycles. The minimum atomic E-state index is -0.0767. The van der Waals surface area contributed by atoms with Crippen molar-refractivity contribution in [1.82, 2.24) is 9.97 Å². The first-order valence-corrected chi connectivity index (χ1v) is 5.43. The number of rotatable bonds is 4. The van der Waals surface area contributed by atoms with Gasteiger partial charge >= 0.3 is 6.01 Å². The van der Waals surface area contributed by atoms with Crippen molar-refractivity contribution in [2.45, 2.75) is 0 Å². The van der Waals surface area contributed by atoms with Crippen LogP contribution in [-0.4, -0.2) is 35.6 Å². The highest BCUT2D eigenvalue weighted by Crippen LogP contribution is 2.31. The van der Waals surface area contributed by atoms with Gasteiger partial charge in [0.15, 0.2) is 6.29 Å². The van der Waals surface area contributed by atoms with Gasteiger partial charge in [0.1, 0.15) is 5.75 Å². The largest absolute Gasteiger partial charge is 0.507 e. The highest BCUT2D eigenvalue weighted by molar-refractivity contribution is 5.83. The zero-order valence-corrected chi connectivity index (χ0v) is 10.5. The van der Waals surface area contributed by atoms with Gasteiger partial charge in [0.25, 0.3) is 0 Å². The van der Waals surface area contributed by atoms with Crippen LogP contribution in [0.5, 0.6) is 17.6 Å². The van der Waals surface area contributed by atoms with E-state index in [1.54, 1.807) is 6.07 Å². The molecule has 1 heterocycles. The van der Waals surface area contributed by atoms with Gasteiger partial charge in [-0.05, 0) is 17.7 Å². The van der Waals surface area contributed by atoms with Crippen molar-refractivity contribution in [1.29, 1.82) is 0 Å². The van der Waals surface area contributed by atoms with E-state index in [0.717, 1.165) is 0 Å². The van der Waals surface area contributed by atoms with Gasteiger partial charge in [0.05, 0.1) is 25.3 Å². The quantitative estimate of drug-likeness (QED) is 0.842. The lowest BCUT2D eigenvalue weighted by atomic mass is 10.1. The Balaban J connectivity index is 2.55. The summed E-state index contributed by atoms with van der Waals surface area (Å²) in [5.74, 6) is 0.251. The third-order valence-electron chi connectivity index (χ3n) is 2.57. The highest BCUT2D eigenvalue weighted by atomic mass is 16.5. The first-order valence-electron chi connectivity index (χ1n) is 5.43. The molecular weight excluding hydrogens is 248 g/mol. The molecule has 2 aromatic rings. The number of hydrogen-bond donors (Lipinski definition) is 1. The fourth-order valence-corrected chi connectivity index (χ4v) is 1.62. The number of benzene rings is 1. The molecule has 0 unspecified atom stereocenters. The topological polar surface area (TPSA) is 81.5 Å². The Bertz CT molecular complexity index is 614. The van der Waals surface area contributed by atoms with E-state index in [2.05, 4.69) is 9.97 Å². The van der Waals surface area contributed by atoms with Crippen molar-refractivity contribution in [3.63, 3.8) is 0 Å². The summed E-state index contributed by atoms with van der Waals surface area (Å²) in [6, 6.07) is 4.81. The maximum absolute atomic E-state index is 10.8. The lowest BCUT2D eigenvalue weighted by molar-refractivity contribution is 0.112. The molecule has 98 valence electrons. The van der Waals surface area contributed by atoms with Gasteiger partial charge < -0.3 is 14.6 Å². The minimum Gasteiger partial charge on any atom is -0.507 e. The maximum Gasteiger partial charge on any atom is 0.319 e. The normalized spacial score (nSPS) is 10.0. The van der Waals surface area contributed by atoms with E-state index in [1.165, 1.54) is 32.5 Å². The predicted molar refractivity (Wildman–Crippen MR) is 67.6 cm³/mol. The molecule has 0 aliphatic rings. The van der Waals surface area contributed by atoms with Crippen LogP contribution in [0.2, 0.25) is 0 Å². The average Bonchev–Trinajstić information content (AvgIpc) is 2.47. The number of phenolic OH excluding ortho intramolecular Hbond substituents is 1. The number of aromatic nitrogens is 2. The van der Waals surface area contributed by atoms with E-state index in [4.69, 9.17) is 9.47 Å². The number of aromatic hydroxyl groups is 1. The Labute approximate surface area is 109 Å². The Kier molecular flexibility index (Phi) is 3.61. The second-order valence-electron chi connectivity index (χ2n) is 3.67. The van der Waals surface area contributed by atoms with Gasteiger partial charge in [-0.2, -0.15) is 4.98 Å². The lowest BCUT2D eigenvalue weighted by Gasteiger charge is -2.09. The van der Waals surface area contributed by atoms with Crippen LogP contribution in [0.25, 0.3) is 11.1 Å². The zero-order valence-electron chi connectivity index (χ0n) is 10.5. The van der Waals surface area contributed by atoms with Crippen molar-refractivity contribution >= 4 is 6.29 Å². The fourth-order valence-electron chi connectivity index (χ4n) is 1.62. The van der Waals surface area contributed by atoms with Crippen LogP contribution in [0.1, 0.15) is 10.4 Å². The number of ether oxygens (including phenoxy) is 2. The van der Waals surface area contributed by atoms with Crippen LogP contribution in [0.4, 0.5) is 0 Å². The van der Waals surface area contributed by atoms with E-state index in [-0.39, 0.29) is 17.3 Å². The van der Waals surface area contributed by atoms with Crippen LogP contribution in [-0.2, 0) is 0 Å². The van der Waals surface area contributed by atoms with Crippen molar-refractivity contribution in [2.75, 3.05) is 14.2 Å². The van der Waals surface area contributed by atoms with E-state index in [1.807, 2.05) is 0 Å². The molecule has 1 aromatic heterocycles. The Hall–Kier alpha value is -2.63. The highest BCUT2D eigenvalue weighted by Gasteiger charge is 2.12. The molecule has 0 fully saturated rings. The third kappa shape index (κ3) is 2.47. The summed E-state index contributed by atoms with van der Waals surface area (Å²) >= 11 is 0. The van der Waals surface area contributed by atoms with Gasteiger partial charge in [0, 0.05) is 6.20 Å². The van der Waals surface area contributed by atoms with Crippen molar-refractivity contribution in [3.05, 3.63) is 30.0 Å². The molecule has 0 aliphatic carbocycles. The summed E-state index contributed by atoms with van der Waals surface area (Å²) in [7, 11) is 2.94. The molecular formula is C13H12N2O4. The Morgan fingerprint density at radius 1 is 1.26 bits per heavy atom. The average molecular weight is 260 g/mol.